The van der Waals surface area contributed by atoms with Crippen LogP contribution in [-0.2, 0) is 4.79 Å². The fraction of sp³-hybridized carbons (Fsp3) is 0.480. The van der Waals surface area contributed by atoms with Crippen LogP contribution in [-0.4, -0.2) is 55.1 Å². The smallest absolute Gasteiger partial charge is 0.225 e. The van der Waals surface area contributed by atoms with E-state index in [2.05, 4.69) is 29.3 Å². The Morgan fingerprint density at radius 1 is 1.16 bits per heavy atom. The maximum absolute atomic E-state index is 12.7. The van der Waals surface area contributed by atoms with Crippen molar-refractivity contribution in [1.29, 1.82) is 0 Å². The number of carbonyl (C=O) groups is 1. The fourth-order valence-corrected chi connectivity index (χ4v) is 4.53. The van der Waals surface area contributed by atoms with Crippen molar-refractivity contribution in [2.45, 2.75) is 38.0 Å². The maximum atomic E-state index is 12.7. The highest BCUT2D eigenvalue weighted by Crippen LogP contribution is 2.35. The first-order valence-electron chi connectivity index (χ1n) is 11.2. The van der Waals surface area contributed by atoms with E-state index in [0.29, 0.717) is 24.2 Å². The highest BCUT2D eigenvalue weighted by molar-refractivity contribution is 5.77. The van der Waals surface area contributed by atoms with E-state index in [1.807, 2.05) is 42.2 Å². The monoisotopic (exact) mass is 420 g/mol. The van der Waals surface area contributed by atoms with Gasteiger partial charge < -0.3 is 14.5 Å². The number of anilines is 1. The largest absolute Gasteiger partial charge is 0.497 e. The second-order valence-electron chi connectivity index (χ2n) is 8.72. The second kappa shape index (κ2) is 9.50. The van der Waals surface area contributed by atoms with E-state index in [1.165, 1.54) is 0 Å². The molecule has 1 aliphatic heterocycles. The predicted octanol–water partition coefficient (Wildman–Crippen LogP) is 4.28. The van der Waals surface area contributed by atoms with E-state index in [-0.39, 0.29) is 0 Å². The summed E-state index contributed by atoms with van der Waals surface area (Å²) >= 11 is 0. The summed E-state index contributed by atoms with van der Waals surface area (Å²) < 4.78 is 5.30. The van der Waals surface area contributed by atoms with E-state index in [0.717, 1.165) is 67.3 Å². The van der Waals surface area contributed by atoms with Gasteiger partial charge in [-0.05, 0) is 49.3 Å². The van der Waals surface area contributed by atoms with Gasteiger partial charge in [0.15, 0.2) is 0 Å². The van der Waals surface area contributed by atoms with Gasteiger partial charge in [0, 0.05) is 51.3 Å². The summed E-state index contributed by atoms with van der Waals surface area (Å²) in [6, 6.07) is 8.06. The second-order valence-corrected chi connectivity index (χ2v) is 8.72. The summed E-state index contributed by atoms with van der Waals surface area (Å²) in [6.45, 7) is 1.59. The van der Waals surface area contributed by atoms with Gasteiger partial charge in [0.25, 0.3) is 0 Å². The molecule has 1 amide bonds. The van der Waals surface area contributed by atoms with Crippen LogP contribution in [0.4, 0.5) is 5.95 Å². The fourth-order valence-electron chi connectivity index (χ4n) is 4.53. The van der Waals surface area contributed by atoms with Crippen LogP contribution >= 0.6 is 0 Å². The molecule has 1 atom stereocenters. The lowest BCUT2D eigenvalue weighted by Crippen LogP contribution is -2.38. The van der Waals surface area contributed by atoms with Crippen LogP contribution in [0.1, 0.15) is 43.7 Å². The third-order valence-electron chi connectivity index (χ3n) is 6.39. The molecule has 0 radical (unpaired) electrons. The summed E-state index contributed by atoms with van der Waals surface area (Å²) in [6.07, 6.45) is 11.1. The van der Waals surface area contributed by atoms with Gasteiger partial charge >= 0.3 is 0 Å². The molecule has 2 aromatic rings. The summed E-state index contributed by atoms with van der Waals surface area (Å²) in [5, 5.41) is 0. The first kappa shape index (κ1) is 21.3. The van der Waals surface area contributed by atoms with Crippen molar-refractivity contribution in [3.8, 4) is 16.9 Å². The van der Waals surface area contributed by atoms with Crippen molar-refractivity contribution >= 4 is 11.9 Å². The van der Waals surface area contributed by atoms with Gasteiger partial charge in [-0.2, -0.15) is 0 Å². The number of carbonyl (C=O) groups excluding carboxylic acids is 1. The van der Waals surface area contributed by atoms with Gasteiger partial charge in [-0.25, -0.2) is 9.97 Å². The third-order valence-corrected chi connectivity index (χ3v) is 6.39. The zero-order valence-corrected chi connectivity index (χ0v) is 18.8. The van der Waals surface area contributed by atoms with E-state index < -0.39 is 0 Å². The van der Waals surface area contributed by atoms with Gasteiger partial charge in [0.2, 0.25) is 11.9 Å². The zero-order chi connectivity index (χ0) is 21.8. The molecule has 31 heavy (non-hydrogen) atoms. The molecule has 0 unspecified atom stereocenters. The lowest BCUT2D eigenvalue weighted by atomic mass is 9.88. The van der Waals surface area contributed by atoms with Crippen LogP contribution < -0.4 is 9.64 Å². The van der Waals surface area contributed by atoms with Crippen LogP contribution in [0.2, 0.25) is 0 Å². The zero-order valence-electron chi connectivity index (χ0n) is 18.8. The van der Waals surface area contributed by atoms with Crippen molar-refractivity contribution in [2.24, 2.45) is 5.92 Å². The Balaban J connectivity index is 1.51. The Kier molecular flexibility index (Phi) is 6.54. The normalized spacial score (nSPS) is 18.9. The predicted molar refractivity (Wildman–Crippen MR) is 123 cm³/mol. The number of benzene rings is 1. The number of likely N-dealkylation sites (tertiary alicyclic amines) is 1. The third kappa shape index (κ3) is 4.89. The number of allylic oxidation sites excluding steroid dienone is 2. The summed E-state index contributed by atoms with van der Waals surface area (Å²) in [7, 11) is 5.60. The SMILES string of the molecule is COc1ccc(-c2cnc(N(C)C)nc2C2CCN(C(=O)C[C@H]3C=CCC3)CC2)cc1. The van der Waals surface area contributed by atoms with Gasteiger partial charge in [-0.1, -0.05) is 24.3 Å². The van der Waals surface area contributed by atoms with Crippen molar-refractivity contribution in [1.82, 2.24) is 14.9 Å². The van der Waals surface area contributed by atoms with Crippen molar-refractivity contribution in [2.75, 3.05) is 39.2 Å². The number of aromatic nitrogens is 2. The van der Waals surface area contributed by atoms with Crippen LogP contribution in [0, 0.1) is 5.92 Å². The molecule has 1 aliphatic carbocycles. The van der Waals surface area contributed by atoms with Crippen molar-refractivity contribution < 1.29 is 9.53 Å². The van der Waals surface area contributed by atoms with Crippen LogP contribution in [0.25, 0.3) is 11.1 Å². The molecule has 1 saturated heterocycles. The van der Waals surface area contributed by atoms with Gasteiger partial charge in [0.05, 0.1) is 12.8 Å². The van der Waals surface area contributed by atoms with E-state index in [4.69, 9.17) is 9.72 Å². The number of ether oxygens (including phenoxy) is 1. The molecule has 164 valence electrons. The minimum Gasteiger partial charge on any atom is -0.497 e. The Hall–Kier alpha value is -2.89. The number of methoxy groups -OCH3 is 1. The first-order chi connectivity index (χ1) is 15.0. The summed E-state index contributed by atoms with van der Waals surface area (Å²) in [5.41, 5.74) is 3.23. The van der Waals surface area contributed by atoms with Crippen molar-refractivity contribution in [3.63, 3.8) is 0 Å². The molecule has 6 heteroatoms. The van der Waals surface area contributed by atoms with Crippen LogP contribution in [0.3, 0.4) is 0 Å². The number of hydrogen-bond acceptors (Lipinski definition) is 5. The molecule has 1 aromatic heterocycles. The molecule has 1 fully saturated rings. The van der Waals surface area contributed by atoms with Gasteiger partial charge in [-0.15, -0.1) is 0 Å². The van der Waals surface area contributed by atoms with Crippen LogP contribution in [0.15, 0.2) is 42.6 Å². The molecular formula is C25H32N4O2. The van der Waals surface area contributed by atoms with Gasteiger partial charge in [0.1, 0.15) is 5.75 Å². The molecule has 2 heterocycles. The number of amides is 1. The molecule has 6 nitrogen and oxygen atoms in total. The number of nitrogens with zero attached hydrogens (tertiary/aromatic N) is 4. The minimum atomic E-state index is 0.294. The molecule has 0 bridgehead atoms. The Labute approximate surface area is 184 Å². The topological polar surface area (TPSA) is 58.6 Å². The molecular weight excluding hydrogens is 388 g/mol. The van der Waals surface area contributed by atoms with Gasteiger partial charge in [-0.3, -0.25) is 4.79 Å². The number of rotatable bonds is 6. The Bertz CT molecular complexity index is 931. The van der Waals surface area contributed by atoms with E-state index >= 15 is 0 Å². The average molecular weight is 421 g/mol. The summed E-state index contributed by atoms with van der Waals surface area (Å²) in [4.78, 5) is 26.2. The lowest BCUT2D eigenvalue weighted by Gasteiger charge is -2.33. The highest BCUT2D eigenvalue weighted by atomic mass is 16.5. The lowest BCUT2D eigenvalue weighted by molar-refractivity contribution is -0.132. The molecule has 1 aromatic carbocycles. The Morgan fingerprint density at radius 3 is 2.52 bits per heavy atom. The van der Waals surface area contributed by atoms with E-state index in [9.17, 15) is 4.79 Å². The molecule has 4 rings (SSSR count). The molecule has 0 spiro atoms. The minimum absolute atomic E-state index is 0.294. The number of hydrogen-bond donors (Lipinski definition) is 0. The highest BCUT2D eigenvalue weighted by Gasteiger charge is 2.28. The molecule has 2 aliphatic rings. The maximum Gasteiger partial charge on any atom is 0.225 e. The number of piperidine rings is 1. The Morgan fingerprint density at radius 2 is 1.90 bits per heavy atom. The standard InChI is InChI=1S/C25H32N4O2/c1-28(2)25-26-17-22(19-8-10-21(31-3)11-9-19)24(27-25)20-12-14-29(15-13-20)23(30)16-18-6-4-5-7-18/h4,6,8-11,17-18,20H,5,7,12-16H2,1-3H3/t18-/m0/s1. The van der Waals surface area contributed by atoms with Crippen LogP contribution in [0.5, 0.6) is 5.75 Å². The summed E-state index contributed by atoms with van der Waals surface area (Å²) in [5.74, 6) is 2.59. The van der Waals surface area contributed by atoms with E-state index in [1.54, 1.807) is 7.11 Å². The molecule has 0 saturated carbocycles. The first-order valence-corrected chi connectivity index (χ1v) is 11.2. The average Bonchev–Trinajstić information content (AvgIpc) is 3.32. The quantitative estimate of drug-likeness (QED) is 0.653. The van der Waals surface area contributed by atoms with Crippen molar-refractivity contribution in [3.05, 3.63) is 48.3 Å². The molecule has 0 N–H and O–H groups in total.